The van der Waals surface area contributed by atoms with Crippen molar-refractivity contribution < 1.29 is 27.5 Å². The number of aryl methyl sites for hydroxylation is 2. The van der Waals surface area contributed by atoms with Gasteiger partial charge in [0, 0.05) is 32.6 Å². The summed E-state index contributed by atoms with van der Waals surface area (Å²) in [6.07, 6.45) is -4.15. The molecule has 2 aromatic rings. The van der Waals surface area contributed by atoms with Crippen LogP contribution in [0.15, 0.2) is 47.5 Å². The Balaban J connectivity index is 1.48. The van der Waals surface area contributed by atoms with Gasteiger partial charge in [-0.25, -0.2) is 4.99 Å². The van der Waals surface area contributed by atoms with Crippen LogP contribution in [0.25, 0.3) is 0 Å². The molecule has 1 N–H and O–H groups in total. The molecule has 204 valence electrons. The zero-order valence-electron chi connectivity index (χ0n) is 21.4. The zero-order chi connectivity index (χ0) is 27.3. The molecule has 38 heavy (non-hydrogen) atoms. The van der Waals surface area contributed by atoms with Crippen LogP contribution in [0.2, 0.25) is 0 Å². The lowest BCUT2D eigenvalue weighted by Gasteiger charge is -2.27. The van der Waals surface area contributed by atoms with Crippen LogP contribution >= 0.6 is 11.8 Å². The highest BCUT2D eigenvalue weighted by Crippen LogP contribution is 2.36. The number of thioether (sulfide) groups is 1. The van der Waals surface area contributed by atoms with Gasteiger partial charge in [0.1, 0.15) is 5.25 Å². The van der Waals surface area contributed by atoms with Crippen molar-refractivity contribution in [1.29, 1.82) is 0 Å². The summed E-state index contributed by atoms with van der Waals surface area (Å²) >= 11 is 1.18. The summed E-state index contributed by atoms with van der Waals surface area (Å²) in [5.41, 5.74) is 1.53. The predicted octanol–water partition coefficient (Wildman–Crippen LogP) is 5.00. The van der Waals surface area contributed by atoms with Crippen LogP contribution < -0.4 is 5.32 Å². The van der Waals surface area contributed by atoms with Crippen LogP contribution in [0, 0.1) is 13.8 Å². The Hall–Kier alpha value is -2.89. The van der Waals surface area contributed by atoms with Gasteiger partial charge in [-0.15, -0.1) is 0 Å². The number of halogens is 3. The quantitative estimate of drug-likeness (QED) is 0.503. The van der Waals surface area contributed by atoms with Gasteiger partial charge in [-0.1, -0.05) is 41.6 Å². The van der Waals surface area contributed by atoms with E-state index in [1.165, 1.54) is 30.0 Å². The molecule has 2 aliphatic rings. The molecular weight excluding hydrogens is 517 g/mol. The molecule has 0 bridgehead atoms. The van der Waals surface area contributed by atoms with E-state index >= 15 is 0 Å². The average molecular weight is 549 g/mol. The third kappa shape index (κ3) is 7.15. The van der Waals surface area contributed by atoms with E-state index < -0.39 is 22.9 Å². The van der Waals surface area contributed by atoms with Crippen molar-refractivity contribution in [2.45, 2.75) is 38.1 Å². The number of para-hydroxylation sites is 1. The van der Waals surface area contributed by atoms with Crippen LogP contribution in [0.5, 0.6) is 0 Å². The highest BCUT2D eigenvalue weighted by atomic mass is 32.2. The van der Waals surface area contributed by atoms with E-state index in [-0.39, 0.29) is 18.0 Å². The van der Waals surface area contributed by atoms with Gasteiger partial charge in [0.2, 0.25) is 11.8 Å². The second-order valence-electron chi connectivity index (χ2n) is 9.38. The van der Waals surface area contributed by atoms with E-state index in [1.807, 2.05) is 32.0 Å². The second kappa shape index (κ2) is 12.3. The largest absolute Gasteiger partial charge is 0.418 e. The normalized spacial score (nSPS) is 19.8. The summed E-state index contributed by atoms with van der Waals surface area (Å²) in [5.74, 6) is -0.923. The Morgan fingerprint density at radius 2 is 1.87 bits per heavy atom. The number of rotatable bonds is 8. The number of anilines is 1. The van der Waals surface area contributed by atoms with Gasteiger partial charge in [-0.05, 0) is 44.0 Å². The van der Waals surface area contributed by atoms with Crippen molar-refractivity contribution in [3.05, 3.63) is 59.2 Å². The van der Waals surface area contributed by atoms with Gasteiger partial charge < -0.3 is 10.1 Å². The molecule has 0 spiro atoms. The molecule has 0 aliphatic carbocycles. The number of alkyl halides is 3. The van der Waals surface area contributed by atoms with Crippen molar-refractivity contribution >= 4 is 40.1 Å². The first-order valence-electron chi connectivity index (χ1n) is 12.5. The van der Waals surface area contributed by atoms with Gasteiger partial charge in [0.15, 0.2) is 5.17 Å². The molecule has 0 radical (unpaired) electrons. The van der Waals surface area contributed by atoms with Gasteiger partial charge >= 0.3 is 6.18 Å². The Labute approximate surface area is 224 Å². The highest BCUT2D eigenvalue weighted by molar-refractivity contribution is 8.15. The molecule has 0 aromatic heterocycles. The van der Waals surface area contributed by atoms with Crippen molar-refractivity contribution in [1.82, 2.24) is 9.80 Å². The average Bonchev–Trinajstić information content (AvgIpc) is 3.15. The number of aliphatic imine (C=N–C) groups is 1. The molecule has 2 saturated heterocycles. The molecule has 4 rings (SSSR count). The van der Waals surface area contributed by atoms with Crippen LogP contribution in [0.4, 0.5) is 24.5 Å². The summed E-state index contributed by atoms with van der Waals surface area (Å²) in [4.78, 5) is 34.8. The standard InChI is InChI=1S/C27H31F3N4O3S/c1-18-8-9-21(19(2)16-18)32-26-34(11-5-10-33-12-14-37-15-13-33)25(36)23(38-26)17-24(35)31-22-7-4-3-6-20(22)27(28,29)30/h3-4,6-9,16,23H,5,10-15,17H2,1-2H3,(H,31,35)/t23-/m1/s1. The Morgan fingerprint density at radius 3 is 2.58 bits per heavy atom. The second-order valence-corrected chi connectivity index (χ2v) is 10.6. The van der Waals surface area contributed by atoms with Gasteiger partial charge in [0.25, 0.3) is 0 Å². The van der Waals surface area contributed by atoms with Crippen LogP contribution in [0.3, 0.4) is 0 Å². The number of amidine groups is 1. The summed E-state index contributed by atoms with van der Waals surface area (Å²) < 4.78 is 45.4. The molecule has 7 nitrogen and oxygen atoms in total. The summed E-state index contributed by atoms with van der Waals surface area (Å²) in [7, 11) is 0. The lowest BCUT2D eigenvalue weighted by molar-refractivity contribution is -0.137. The molecule has 0 unspecified atom stereocenters. The first kappa shape index (κ1) is 28.1. The van der Waals surface area contributed by atoms with Crippen molar-refractivity contribution in [2.24, 2.45) is 4.99 Å². The Bertz CT molecular complexity index is 1200. The number of hydrogen-bond donors (Lipinski definition) is 1. The number of morpholine rings is 1. The first-order chi connectivity index (χ1) is 18.1. The van der Waals surface area contributed by atoms with E-state index in [2.05, 4.69) is 10.2 Å². The fourth-order valence-corrected chi connectivity index (χ4v) is 5.63. The van der Waals surface area contributed by atoms with Gasteiger partial charge in [-0.3, -0.25) is 19.4 Å². The Kier molecular flexibility index (Phi) is 9.11. The topological polar surface area (TPSA) is 74.2 Å². The van der Waals surface area contributed by atoms with E-state index in [0.29, 0.717) is 24.9 Å². The SMILES string of the molecule is Cc1ccc(N=C2S[C@H](CC(=O)Nc3ccccc3C(F)(F)F)C(=O)N2CCCN2CCOCC2)c(C)c1. The highest BCUT2D eigenvalue weighted by Gasteiger charge is 2.40. The molecule has 2 aliphatic heterocycles. The van der Waals surface area contributed by atoms with Crippen molar-refractivity contribution in [2.75, 3.05) is 44.7 Å². The number of ether oxygens (including phenoxy) is 1. The summed E-state index contributed by atoms with van der Waals surface area (Å²) in [5, 5.41) is 2.06. The zero-order valence-corrected chi connectivity index (χ0v) is 22.2. The number of hydrogen-bond acceptors (Lipinski definition) is 6. The van der Waals surface area contributed by atoms with E-state index in [9.17, 15) is 22.8 Å². The van der Waals surface area contributed by atoms with Crippen molar-refractivity contribution in [3.63, 3.8) is 0 Å². The predicted molar refractivity (Wildman–Crippen MR) is 143 cm³/mol. The summed E-state index contributed by atoms with van der Waals surface area (Å²) in [6, 6.07) is 10.6. The Morgan fingerprint density at radius 1 is 1.13 bits per heavy atom. The fourth-order valence-electron chi connectivity index (χ4n) is 4.45. The number of carbonyl (C=O) groups excluding carboxylic acids is 2. The monoisotopic (exact) mass is 548 g/mol. The number of carbonyl (C=O) groups is 2. The fraction of sp³-hybridized carbons (Fsp3) is 0.444. The third-order valence-electron chi connectivity index (χ3n) is 6.43. The first-order valence-corrected chi connectivity index (χ1v) is 13.4. The van der Waals surface area contributed by atoms with E-state index in [0.717, 1.165) is 48.9 Å². The molecule has 0 saturated carbocycles. The van der Waals surface area contributed by atoms with Gasteiger partial charge in [-0.2, -0.15) is 13.2 Å². The molecular formula is C27H31F3N4O3S. The minimum absolute atomic E-state index is 0.262. The number of nitrogens with zero attached hydrogens (tertiary/aromatic N) is 3. The number of amides is 2. The van der Waals surface area contributed by atoms with Crippen LogP contribution in [0.1, 0.15) is 29.5 Å². The van der Waals surface area contributed by atoms with Gasteiger partial charge in [0.05, 0.1) is 30.2 Å². The molecule has 2 heterocycles. The molecule has 2 aromatic carbocycles. The summed E-state index contributed by atoms with van der Waals surface area (Å²) in [6.45, 7) is 8.22. The van der Waals surface area contributed by atoms with Crippen LogP contribution in [-0.2, 0) is 20.5 Å². The van der Waals surface area contributed by atoms with E-state index in [4.69, 9.17) is 9.73 Å². The lowest BCUT2D eigenvalue weighted by Crippen LogP contribution is -2.39. The van der Waals surface area contributed by atoms with Crippen LogP contribution in [-0.4, -0.2) is 71.4 Å². The smallest absolute Gasteiger partial charge is 0.379 e. The third-order valence-corrected chi connectivity index (χ3v) is 7.60. The molecule has 11 heteroatoms. The maximum Gasteiger partial charge on any atom is 0.418 e. The molecule has 1 atom stereocenters. The van der Waals surface area contributed by atoms with E-state index in [1.54, 1.807) is 4.90 Å². The molecule has 2 fully saturated rings. The molecule has 2 amide bonds. The maximum absolute atomic E-state index is 13.4. The van der Waals surface area contributed by atoms with Crippen molar-refractivity contribution in [3.8, 4) is 0 Å². The number of nitrogens with one attached hydrogen (secondary N) is 1. The number of benzene rings is 2. The maximum atomic E-state index is 13.4. The minimum atomic E-state index is -4.61. The minimum Gasteiger partial charge on any atom is -0.379 e. The lowest BCUT2D eigenvalue weighted by atomic mass is 10.1.